The second-order valence-electron chi connectivity index (χ2n) is 7.23. The Morgan fingerprint density at radius 2 is 2.04 bits per heavy atom. The van der Waals surface area contributed by atoms with Gasteiger partial charge in [-0.15, -0.1) is 0 Å². The molecule has 7 heteroatoms. The lowest BCUT2D eigenvalue weighted by Crippen LogP contribution is -2.57. The lowest BCUT2D eigenvalue weighted by Gasteiger charge is -2.37. The number of nitrogens with zero attached hydrogens (tertiary/aromatic N) is 2. The summed E-state index contributed by atoms with van der Waals surface area (Å²) in [5.41, 5.74) is -0.517. The number of hydrogen-bond acceptors (Lipinski definition) is 5. The van der Waals surface area contributed by atoms with Crippen molar-refractivity contribution in [3.05, 3.63) is 30.5 Å². The maximum absolute atomic E-state index is 12.6. The van der Waals surface area contributed by atoms with E-state index in [2.05, 4.69) is 6.58 Å². The predicted molar refractivity (Wildman–Crippen MR) is 96.6 cm³/mol. The normalized spacial score (nSPS) is 18.0. The van der Waals surface area contributed by atoms with Gasteiger partial charge in [0, 0.05) is 25.6 Å². The first-order chi connectivity index (χ1) is 12.1. The molecule has 142 valence electrons. The fourth-order valence-electron chi connectivity index (χ4n) is 2.77. The summed E-state index contributed by atoms with van der Waals surface area (Å²) in [4.78, 5) is 39.1. The highest BCUT2D eigenvalue weighted by Gasteiger charge is 2.35. The van der Waals surface area contributed by atoms with E-state index < -0.39 is 11.6 Å². The van der Waals surface area contributed by atoms with E-state index in [4.69, 9.17) is 9.15 Å². The largest absolute Gasteiger partial charge is 0.460 e. The SMILES string of the molecule is C=CC(=O)N1CCN(c2ccc(CCC(=O)OC(C)(C)C)o2)C(=O)[C@H]1C. The molecule has 2 rings (SSSR count). The number of carbonyl (C=O) groups is 3. The minimum Gasteiger partial charge on any atom is -0.460 e. The molecular formula is C19H26N2O5. The van der Waals surface area contributed by atoms with Crippen molar-refractivity contribution < 1.29 is 23.5 Å². The number of aryl methyl sites for hydroxylation is 1. The van der Waals surface area contributed by atoms with Gasteiger partial charge in [0.1, 0.15) is 17.4 Å². The van der Waals surface area contributed by atoms with Crippen molar-refractivity contribution in [3.63, 3.8) is 0 Å². The number of furan rings is 1. The molecule has 0 spiro atoms. The zero-order chi connectivity index (χ0) is 19.5. The van der Waals surface area contributed by atoms with Gasteiger partial charge in [-0.3, -0.25) is 19.3 Å². The number of piperazine rings is 1. The second-order valence-corrected chi connectivity index (χ2v) is 7.23. The topological polar surface area (TPSA) is 80.1 Å². The third-order valence-corrected chi connectivity index (χ3v) is 4.02. The quantitative estimate of drug-likeness (QED) is 0.593. The van der Waals surface area contributed by atoms with Crippen LogP contribution in [0.2, 0.25) is 0 Å². The van der Waals surface area contributed by atoms with Crippen LogP contribution in [-0.2, 0) is 25.5 Å². The van der Waals surface area contributed by atoms with E-state index in [1.807, 2.05) is 20.8 Å². The molecule has 0 radical (unpaired) electrons. The maximum Gasteiger partial charge on any atom is 0.306 e. The highest BCUT2D eigenvalue weighted by Crippen LogP contribution is 2.24. The van der Waals surface area contributed by atoms with Gasteiger partial charge in [-0.05, 0) is 39.8 Å². The summed E-state index contributed by atoms with van der Waals surface area (Å²) in [6.07, 6.45) is 1.81. The van der Waals surface area contributed by atoms with E-state index in [0.717, 1.165) is 0 Å². The van der Waals surface area contributed by atoms with Crippen LogP contribution >= 0.6 is 0 Å². The summed E-state index contributed by atoms with van der Waals surface area (Å²) in [6, 6.07) is 2.88. The van der Waals surface area contributed by atoms with Gasteiger partial charge >= 0.3 is 5.97 Å². The number of esters is 1. The summed E-state index contributed by atoms with van der Waals surface area (Å²) in [7, 11) is 0. The molecule has 1 aromatic heterocycles. The highest BCUT2D eigenvalue weighted by atomic mass is 16.6. The molecule has 1 aromatic rings. The van der Waals surface area contributed by atoms with Gasteiger partial charge < -0.3 is 14.1 Å². The minimum atomic E-state index is -0.579. The van der Waals surface area contributed by atoms with E-state index in [0.29, 0.717) is 31.2 Å². The fraction of sp³-hybridized carbons (Fsp3) is 0.526. The van der Waals surface area contributed by atoms with Crippen LogP contribution in [0.15, 0.2) is 29.2 Å². The molecule has 0 unspecified atom stereocenters. The molecule has 1 atom stereocenters. The molecule has 0 aromatic carbocycles. The van der Waals surface area contributed by atoms with Crippen molar-refractivity contribution >= 4 is 23.7 Å². The number of anilines is 1. The van der Waals surface area contributed by atoms with Gasteiger partial charge in [-0.25, -0.2) is 0 Å². The molecule has 1 saturated heterocycles. The molecule has 26 heavy (non-hydrogen) atoms. The minimum absolute atomic E-state index is 0.205. The van der Waals surface area contributed by atoms with Crippen molar-refractivity contribution in [1.29, 1.82) is 0 Å². The molecule has 7 nitrogen and oxygen atoms in total. The number of hydrogen-bond donors (Lipinski definition) is 0. The summed E-state index contributed by atoms with van der Waals surface area (Å²) >= 11 is 0. The molecular weight excluding hydrogens is 336 g/mol. The van der Waals surface area contributed by atoms with Gasteiger partial charge in [-0.2, -0.15) is 0 Å². The Bertz CT molecular complexity index is 701. The predicted octanol–water partition coefficient (Wildman–Crippen LogP) is 2.30. The van der Waals surface area contributed by atoms with E-state index in [1.165, 1.54) is 15.9 Å². The average Bonchev–Trinajstić information content (AvgIpc) is 3.02. The number of carbonyl (C=O) groups excluding carboxylic acids is 3. The first-order valence-electron chi connectivity index (χ1n) is 8.67. The average molecular weight is 362 g/mol. The Morgan fingerprint density at radius 1 is 1.35 bits per heavy atom. The molecule has 0 aliphatic carbocycles. The molecule has 2 heterocycles. The molecule has 0 saturated carbocycles. The summed E-state index contributed by atoms with van der Waals surface area (Å²) < 4.78 is 11.0. The number of amides is 2. The second kappa shape index (κ2) is 7.76. The Labute approximate surface area is 153 Å². The highest BCUT2D eigenvalue weighted by molar-refractivity contribution is 6.00. The van der Waals surface area contributed by atoms with Crippen LogP contribution < -0.4 is 4.90 Å². The van der Waals surface area contributed by atoms with Crippen molar-refractivity contribution in [2.75, 3.05) is 18.0 Å². The maximum atomic E-state index is 12.6. The first-order valence-corrected chi connectivity index (χ1v) is 8.67. The van der Waals surface area contributed by atoms with Crippen molar-refractivity contribution in [3.8, 4) is 0 Å². The Hall–Kier alpha value is -2.57. The fourth-order valence-corrected chi connectivity index (χ4v) is 2.77. The van der Waals surface area contributed by atoms with E-state index in [-0.39, 0.29) is 24.2 Å². The Kier molecular flexibility index (Phi) is 5.90. The lowest BCUT2D eigenvalue weighted by molar-refractivity contribution is -0.154. The van der Waals surface area contributed by atoms with Crippen molar-refractivity contribution in [1.82, 2.24) is 4.90 Å². The van der Waals surface area contributed by atoms with Crippen molar-refractivity contribution in [2.24, 2.45) is 0 Å². The van der Waals surface area contributed by atoms with Crippen LogP contribution in [0.25, 0.3) is 0 Å². The standard InChI is InChI=1S/C19H26N2O5/c1-6-15(22)20-11-12-21(18(24)13(20)2)16-9-7-14(25-16)8-10-17(23)26-19(3,4)5/h6-7,9,13H,1,8,10-12H2,2-5H3/t13-/m1/s1. The zero-order valence-electron chi connectivity index (χ0n) is 15.8. The van der Waals surface area contributed by atoms with Crippen LogP contribution in [0.1, 0.15) is 39.9 Å². The Morgan fingerprint density at radius 3 is 2.65 bits per heavy atom. The van der Waals surface area contributed by atoms with Crippen LogP contribution in [0.3, 0.4) is 0 Å². The molecule has 1 fully saturated rings. The van der Waals surface area contributed by atoms with E-state index in [9.17, 15) is 14.4 Å². The van der Waals surface area contributed by atoms with Crippen LogP contribution in [0.5, 0.6) is 0 Å². The van der Waals surface area contributed by atoms with Crippen LogP contribution in [-0.4, -0.2) is 47.4 Å². The lowest BCUT2D eigenvalue weighted by atomic mass is 10.1. The third-order valence-electron chi connectivity index (χ3n) is 4.02. The third kappa shape index (κ3) is 4.74. The van der Waals surface area contributed by atoms with Gasteiger partial charge in [0.15, 0.2) is 0 Å². The summed E-state index contributed by atoms with van der Waals surface area (Å²) in [6.45, 7) is 11.4. The Balaban J connectivity index is 1.97. The van der Waals surface area contributed by atoms with Gasteiger partial charge in [0.05, 0.1) is 6.42 Å². The van der Waals surface area contributed by atoms with E-state index >= 15 is 0 Å². The van der Waals surface area contributed by atoms with Crippen LogP contribution in [0, 0.1) is 0 Å². The van der Waals surface area contributed by atoms with Gasteiger partial charge in [0.2, 0.25) is 11.8 Å². The summed E-state index contributed by atoms with van der Waals surface area (Å²) in [5.74, 6) is 0.266. The molecule has 0 N–H and O–H groups in total. The van der Waals surface area contributed by atoms with Crippen LogP contribution in [0.4, 0.5) is 5.88 Å². The molecule has 2 amide bonds. The number of ether oxygens (including phenoxy) is 1. The summed E-state index contributed by atoms with van der Waals surface area (Å²) in [5, 5.41) is 0. The van der Waals surface area contributed by atoms with Gasteiger partial charge in [-0.1, -0.05) is 6.58 Å². The zero-order valence-corrected chi connectivity index (χ0v) is 15.8. The monoisotopic (exact) mass is 362 g/mol. The van der Waals surface area contributed by atoms with E-state index in [1.54, 1.807) is 19.1 Å². The van der Waals surface area contributed by atoms with Crippen molar-refractivity contribution in [2.45, 2.75) is 52.2 Å². The van der Waals surface area contributed by atoms with Gasteiger partial charge in [0.25, 0.3) is 5.91 Å². The number of rotatable bonds is 5. The first kappa shape index (κ1) is 19.8. The molecule has 1 aliphatic rings. The molecule has 1 aliphatic heterocycles. The molecule has 0 bridgehead atoms. The smallest absolute Gasteiger partial charge is 0.306 e.